The Balaban J connectivity index is 2.26. The summed E-state index contributed by atoms with van der Waals surface area (Å²) in [6, 6.07) is 0. The second kappa shape index (κ2) is 12.1. The minimum atomic E-state index is -2.60. The van der Waals surface area contributed by atoms with E-state index < -0.39 is 38.7 Å². The second-order valence-electron chi connectivity index (χ2n) is 6.24. The molecule has 1 aliphatic rings. The Morgan fingerprint density at radius 2 is 1.96 bits per heavy atom. The van der Waals surface area contributed by atoms with E-state index in [4.69, 9.17) is 0 Å². The summed E-state index contributed by atoms with van der Waals surface area (Å²) in [7, 11) is -2.60. The molecule has 0 bridgehead atoms. The number of halogens is 1. The smallest absolute Gasteiger partial charge is 0.428 e. The van der Waals surface area contributed by atoms with Crippen LogP contribution in [-0.2, 0) is 18.8 Å². The van der Waals surface area contributed by atoms with Crippen molar-refractivity contribution in [1.29, 1.82) is 0 Å². The van der Waals surface area contributed by atoms with Crippen LogP contribution in [0.15, 0.2) is 0 Å². The third-order valence-corrected chi connectivity index (χ3v) is 5.57. The van der Waals surface area contributed by atoms with Gasteiger partial charge in [-0.1, -0.05) is 26.2 Å². The zero-order chi connectivity index (χ0) is 18.7. The minimum Gasteiger partial charge on any atom is -0.428 e. The van der Waals surface area contributed by atoms with E-state index in [1.807, 2.05) is 6.92 Å². The van der Waals surface area contributed by atoms with Crippen molar-refractivity contribution in [1.82, 2.24) is 5.32 Å². The Bertz CT molecular complexity index is 444. The number of carbonyl (C=O) groups excluding carboxylic acids is 2. The normalized spacial score (nSPS) is 18.1. The number of ether oxygens (including phenoxy) is 2. The predicted octanol–water partition coefficient (Wildman–Crippen LogP) is 3.43. The van der Waals surface area contributed by atoms with Crippen LogP contribution in [0.2, 0.25) is 0 Å². The van der Waals surface area contributed by atoms with Crippen LogP contribution in [0.4, 0.5) is 9.18 Å². The van der Waals surface area contributed by atoms with Crippen molar-refractivity contribution < 1.29 is 32.9 Å². The summed E-state index contributed by atoms with van der Waals surface area (Å²) in [4.78, 5) is 32.0. The van der Waals surface area contributed by atoms with Crippen LogP contribution >= 0.6 is 8.03 Å². The zero-order valence-electron chi connectivity index (χ0n) is 14.6. The molecule has 1 aliphatic carbocycles. The van der Waals surface area contributed by atoms with Crippen molar-refractivity contribution >= 4 is 20.1 Å². The first-order chi connectivity index (χ1) is 12.0. The lowest BCUT2D eigenvalue weighted by atomic mass is 9.85. The van der Waals surface area contributed by atoms with Gasteiger partial charge in [-0.05, 0) is 23.8 Å². The number of amides is 1. The maximum absolute atomic E-state index is 14.4. The van der Waals surface area contributed by atoms with Crippen LogP contribution in [0, 0.1) is 5.92 Å². The first kappa shape index (κ1) is 21.8. The highest BCUT2D eigenvalue weighted by Gasteiger charge is 2.44. The Hall–Kier alpha value is -1.27. The summed E-state index contributed by atoms with van der Waals surface area (Å²) in [5, 5.41) is 2.35. The molecule has 25 heavy (non-hydrogen) atoms. The summed E-state index contributed by atoms with van der Waals surface area (Å²) in [5.74, 6) is -0.538. The van der Waals surface area contributed by atoms with E-state index in [1.54, 1.807) is 0 Å². The van der Waals surface area contributed by atoms with Crippen LogP contribution in [-0.4, -0.2) is 42.1 Å². The van der Waals surface area contributed by atoms with Crippen LogP contribution in [0.1, 0.15) is 58.3 Å². The summed E-state index contributed by atoms with van der Waals surface area (Å²) in [6.45, 7) is 1.31. The van der Waals surface area contributed by atoms with Crippen molar-refractivity contribution in [2.75, 3.05) is 13.3 Å². The van der Waals surface area contributed by atoms with E-state index in [0.717, 1.165) is 32.1 Å². The molecule has 7 nitrogen and oxygen atoms in total. The highest BCUT2D eigenvalue weighted by molar-refractivity contribution is 7.39. The fourth-order valence-corrected chi connectivity index (χ4v) is 4.13. The predicted molar refractivity (Wildman–Crippen MR) is 90.1 cm³/mol. The van der Waals surface area contributed by atoms with Gasteiger partial charge in [0.05, 0.1) is 0 Å². The molecule has 144 valence electrons. The first-order valence-electron chi connectivity index (χ1n) is 8.81. The van der Waals surface area contributed by atoms with Gasteiger partial charge >= 0.3 is 20.1 Å². The van der Waals surface area contributed by atoms with E-state index >= 15 is 0 Å². The molecule has 3 atom stereocenters. The van der Waals surface area contributed by atoms with Crippen molar-refractivity contribution in [2.24, 2.45) is 5.92 Å². The van der Waals surface area contributed by atoms with Gasteiger partial charge in [-0.25, -0.2) is 9.18 Å². The van der Waals surface area contributed by atoms with Crippen molar-refractivity contribution in [2.45, 2.75) is 70.1 Å². The molecule has 9 heteroatoms. The molecular formula is C16H28FNO6P+. The maximum Gasteiger partial charge on any atom is 0.512 e. The summed E-state index contributed by atoms with van der Waals surface area (Å²) >= 11 is 0. The van der Waals surface area contributed by atoms with Crippen LogP contribution in [0.25, 0.3) is 0 Å². The number of nitrogens with one attached hydrogen (secondary N) is 1. The minimum absolute atomic E-state index is 0.0186. The van der Waals surface area contributed by atoms with Gasteiger partial charge in [0, 0.05) is 25.3 Å². The van der Waals surface area contributed by atoms with Gasteiger partial charge in [-0.15, -0.1) is 0 Å². The lowest BCUT2D eigenvalue weighted by Gasteiger charge is -2.24. The fraction of sp³-hybridized carbons (Fsp3) is 0.875. The van der Waals surface area contributed by atoms with E-state index in [9.17, 15) is 23.4 Å². The molecule has 0 aromatic heterocycles. The van der Waals surface area contributed by atoms with E-state index in [2.05, 4.69) is 14.8 Å². The van der Waals surface area contributed by atoms with Crippen molar-refractivity contribution in [3.8, 4) is 0 Å². The van der Waals surface area contributed by atoms with E-state index in [-0.39, 0.29) is 25.3 Å². The van der Waals surface area contributed by atoms with Crippen LogP contribution in [0.5, 0.6) is 0 Å². The zero-order valence-corrected chi connectivity index (χ0v) is 15.5. The largest absolute Gasteiger partial charge is 0.512 e. The maximum atomic E-state index is 14.4. The summed E-state index contributed by atoms with van der Waals surface area (Å²) < 4.78 is 35.2. The molecule has 1 fully saturated rings. The van der Waals surface area contributed by atoms with Gasteiger partial charge in [-0.2, -0.15) is 4.89 Å². The molecule has 0 aromatic rings. The second-order valence-corrected chi connectivity index (χ2v) is 7.44. The molecule has 2 N–H and O–H groups in total. The fourth-order valence-electron chi connectivity index (χ4n) is 3.05. The third kappa shape index (κ3) is 8.59. The van der Waals surface area contributed by atoms with Crippen molar-refractivity contribution in [3.05, 3.63) is 0 Å². The monoisotopic (exact) mass is 380 g/mol. The topological polar surface area (TPSA) is 102 Å². The number of carbonyl (C=O) groups is 2. The first-order valence-corrected chi connectivity index (χ1v) is 10.1. The number of rotatable bonds is 10. The van der Waals surface area contributed by atoms with Gasteiger partial charge in [0.1, 0.15) is 0 Å². The average Bonchev–Trinajstić information content (AvgIpc) is 2.56. The quantitative estimate of drug-likeness (QED) is 0.342. The van der Waals surface area contributed by atoms with E-state index in [1.165, 1.54) is 0 Å². The molecule has 0 heterocycles. The highest BCUT2D eigenvalue weighted by Crippen LogP contribution is 2.41. The molecule has 1 rings (SSSR count). The number of alkyl carbamates (subject to hydrolysis) is 1. The number of alkyl halides is 1. The molecule has 0 aliphatic heterocycles. The number of esters is 1. The van der Waals surface area contributed by atoms with Crippen molar-refractivity contribution in [3.63, 3.8) is 0 Å². The highest BCUT2D eigenvalue weighted by atomic mass is 31.1. The summed E-state index contributed by atoms with van der Waals surface area (Å²) in [6.07, 6.45) is 3.08. The van der Waals surface area contributed by atoms with Gasteiger partial charge in [0.25, 0.3) is 0 Å². The number of hydrogen-bond donors (Lipinski definition) is 2. The SMILES string of the molecule is CCCC(=O)OCOC(=O)NCC[C@@H](F)[C@@H](C1CCCCC1)[P+](=O)O. The van der Waals surface area contributed by atoms with Gasteiger partial charge < -0.3 is 14.8 Å². The molecule has 1 saturated carbocycles. The lowest BCUT2D eigenvalue weighted by Crippen LogP contribution is -2.34. The molecular weight excluding hydrogens is 352 g/mol. The Kier molecular flexibility index (Phi) is 10.6. The Morgan fingerprint density at radius 3 is 2.56 bits per heavy atom. The van der Waals surface area contributed by atoms with Gasteiger partial charge in [0.15, 0.2) is 6.17 Å². The van der Waals surface area contributed by atoms with Gasteiger partial charge in [-0.3, -0.25) is 4.79 Å². The number of hydrogen-bond acceptors (Lipinski definition) is 5. The van der Waals surface area contributed by atoms with E-state index in [0.29, 0.717) is 6.42 Å². The molecule has 0 saturated heterocycles. The lowest BCUT2D eigenvalue weighted by molar-refractivity contribution is -0.151. The molecule has 0 spiro atoms. The van der Waals surface area contributed by atoms with Crippen LogP contribution in [0.3, 0.4) is 0 Å². The molecule has 0 radical (unpaired) electrons. The molecule has 0 aromatic carbocycles. The molecule has 1 unspecified atom stereocenters. The Morgan fingerprint density at radius 1 is 1.28 bits per heavy atom. The summed E-state index contributed by atoms with van der Waals surface area (Å²) in [5.41, 5.74) is -0.886. The molecule has 1 amide bonds. The third-order valence-electron chi connectivity index (χ3n) is 4.31. The average molecular weight is 380 g/mol. The van der Waals surface area contributed by atoms with Gasteiger partial charge in [0.2, 0.25) is 12.5 Å². The standard InChI is InChI=1S/C16H27FNO6P/c1-2-6-14(19)23-11-24-16(20)18-10-9-13(17)15(25(21)22)12-7-4-3-5-8-12/h12-13,15H,2-11H2,1H3,(H-,18,20,21,22)/p+1/t13-,15-/m1/s1. The Labute approximate surface area is 148 Å². The van der Waals surface area contributed by atoms with Crippen LogP contribution < -0.4 is 5.32 Å².